The summed E-state index contributed by atoms with van der Waals surface area (Å²) >= 11 is 0. The standard InChI is InChI=1S/C46H56FN7O10/c1-61-43(59)50-37(31-17-23-63-27-31)39(55)53-21-3-19-45(53,41(48)57)33-9-5-29(6-10-33)25-52(36-15-13-35(47)14-16-36)26-30-7-11-34(12-8-30)46(42(49)58)20-4-22-54(46)40(56)38(51-44(60)62-2)32-18-24-64-28-32/h5-16,31-32,37-38H,3-4,17-28H2,1-2H3,(H2,48,57)(H2,49,58)(H,50,59)(H,51,60)/t31-,32-,37-,38-,45-,46-/m0/s1. The summed E-state index contributed by atoms with van der Waals surface area (Å²) in [4.78, 5) is 85.1. The molecular weight excluding hydrogens is 830 g/mol. The van der Waals surface area contributed by atoms with E-state index in [-0.39, 0.29) is 38.1 Å². The minimum absolute atomic E-state index is 0.255. The fourth-order valence-corrected chi connectivity index (χ4v) is 9.84. The van der Waals surface area contributed by atoms with Gasteiger partial charge in [-0.05, 0) is 85.0 Å². The van der Waals surface area contributed by atoms with Gasteiger partial charge in [-0.3, -0.25) is 19.2 Å². The topological polar surface area (TPSA) is 225 Å². The summed E-state index contributed by atoms with van der Waals surface area (Å²) < 4.78 is 34.9. The van der Waals surface area contributed by atoms with Crippen molar-refractivity contribution in [1.82, 2.24) is 20.4 Å². The van der Waals surface area contributed by atoms with E-state index in [9.17, 15) is 33.2 Å². The number of ether oxygens (including phenoxy) is 4. The molecule has 4 aliphatic heterocycles. The fraction of sp³-hybridized carbons (Fsp3) is 0.478. The second-order valence-electron chi connectivity index (χ2n) is 16.8. The highest BCUT2D eigenvalue weighted by Crippen LogP contribution is 2.42. The molecule has 0 aromatic heterocycles. The van der Waals surface area contributed by atoms with Crippen LogP contribution in [0.5, 0.6) is 0 Å². The van der Waals surface area contributed by atoms with E-state index in [0.717, 1.165) is 16.8 Å². The molecule has 6 amide bonds. The van der Waals surface area contributed by atoms with Crippen molar-refractivity contribution < 1.29 is 52.1 Å². The van der Waals surface area contributed by atoms with Gasteiger partial charge in [0.15, 0.2) is 0 Å². The average molecular weight is 886 g/mol. The second kappa shape index (κ2) is 19.6. The van der Waals surface area contributed by atoms with Crippen molar-refractivity contribution >= 4 is 41.5 Å². The van der Waals surface area contributed by atoms with Crippen molar-refractivity contribution in [1.29, 1.82) is 0 Å². The molecule has 18 heteroatoms. The number of hydrogen-bond acceptors (Lipinski definition) is 11. The Morgan fingerprint density at radius 3 is 1.44 bits per heavy atom. The Bertz CT molecular complexity index is 2050. The smallest absolute Gasteiger partial charge is 0.407 e. The van der Waals surface area contributed by atoms with Crippen LogP contribution in [0.25, 0.3) is 0 Å². The zero-order valence-electron chi connectivity index (χ0n) is 36.1. The Labute approximate surface area is 370 Å². The van der Waals surface area contributed by atoms with Crippen molar-refractivity contribution in [3.8, 4) is 0 Å². The number of methoxy groups -OCH3 is 2. The van der Waals surface area contributed by atoms with Gasteiger partial charge in [0.2, 0.25) is 23.6 Å². The van der Waals surface area contributed by atoms with Crippen LogP contribution >= 0.6 is 0 Å². The number of hydrogen-bond donors (Lipinski definition) is 4. The molecule has 4 fully saturated rings. The molecule has 7 rings (SSSR count). The van der Waals surface area contributed by atoms with E-state index in [1.54, 1.807) is 36.4 Å². The molecular formula is C46H56FN7O10. The van der Waals surface area contributed by atoms with Crippen LogP contribution in [-0.2, 0) is 62.3 Å². The maximum atomic E-state index is 14.3. The molecule has 3 aromatic rings. The van der Waals surface area contributed by atoms with E-state index in [1.807, 2.05) is 29.2 Å². The summed E-state index contributed by atoms with van der Waals surface area (Å²) in [6.45, 7) is 2.62. The third kappa shape index (κ3) is 9.06. The van der Waals surface area contributed by atoms with Crippen LogP contribution < -0.4 is 27.0 Å². The number of benzene rings is 3. The Kier molecular flexibility index (Phi) is 14.0. The molecule has 4 heterocycles. The van der Waals surface area contributed by atoms with E-state index >= 15 is 0 Å². The maximum Gasteiger partial charge on any atom is 0.407 e. The van der Waals surface area contributed by atoms with E-state index < -0.39 is 64.8 Å². The number of likely N-dealkylation sites (tertiary alicyclic amines) is 2. The predicted octanol–water partition coefficient (Wildman–Crippen LogP) is 3.16. The van der Waals surface area contributed by atoms with Crippen molar-refractivity contribution in [3.63, 3.8) is 0 Å². The molecule has 0 spiro atoms. The first-order chi connectivity index (χ1) is 30.8. The molecule has 0 bridgehead atoms. The van der Waals surface area contributed by atoms with Crippen molar-refractivity contribution in [2.45, 2.75) is 74.8 Å². The highest BCUT2D eigenvalue weighted by atomic mass is 19.1. The van der Waals surface area contributed by atoms with Crippen LogP contribution in [0.2, 0.25) is 0 Å². The number of rotatable bonds is 15. The number of nitrogens with two attached hydrogens (primary N) is 2. The number of primary amides is 2. The summed E-state index contributed by atoms with van der Waals surface area (Å²) in [7, 11) is 2.43. The summed E-state index contributed by atoms with van der Waals surface area (Å²) in [5, 5.41) is 5.33. The molecule has 64 heavy (non-hydrogen) atoms. The maximum absolute atomic E-state index is 14.3. The zero-order valence-corrected chi connectivity index (χ0v) is 36.1. The van der Waals surface area contributed by atoms with Gasteiger partial charge in [0.05, 0.1) is 27.4 Å². The number of halogens is 1. The molecule has 4 saturated heterocycles. The normalized spacial score (nSPS) is 23.9. The molecule has 0 radical (unpaired) electrons. The lowest BCUT2D eigenvalue weighted by molar-refractivity contribution is -0.146. The van der Waals surface area contributed by atoms with Gasteiger partial charge < -0.3 is 55.7 Å². The SMILES string of the molecule is COC(=O)N[C@H](C(=O)N1CCC[C@@]1(C(N)=O)c1ccc(CN(Cc2ccc([C@]3(C(N)=O)CCCN3C(=O)[C@@H](NC(=O)OC)[C@H]3CCOC3)cc2)c2ccc(F)cc2)cc1)[C@H]1CCOC1. The van der Waals surface area contributed by atoms with Crippen LogP contribution in [0.15, 0.2) is 72.8 Å². The van der Waals surface area contributed by atoms with E-state index in [1.165, 1.54) is 36.2 Å². The molecule has 4 aliphatic rings. The van der Waals surface area contributed by atoms with E-state index in [0.29, 0.717) is 76.0 Å². The Hall–Kier alpha value is -6.27. The third-order valence-electron chi connectivity index (χ3n) is 13.2. The van der Waals surface area contributed by atoms with Crippen LogP contribution in [0.1, 0.15) is 60.8 Å². The van der Waals surface area contributed by atoms with Gasteiger partial charge in [-0.15, -0.1) is 0 Å². The Morgan fingerprint density at radius 2 is 1.09 bits per heavy atom. The van der Waals surface area contributed by atoms with Crippen molar-refractivity contribution in [2.24, 2.45) is 23.3 Å². The summed E-state index contributed by atoms with van der Waals surface area (Å²) in [5.74, 6) is -3.29. The molecule has 3 aromatic carbocycles. The quantitative estimate of drug-likeness (QED) is 0.174. The number of amides is 6. The Morgan fingerprint density at radius 1 is 0.688 bits per heavy atom. The van der Waals surface area contributed by atoms with Crippen LogP contribution in [0.4, 0.5) is 19.7 Å². The molecule has 0 aliphatic carbocycles. The molecule has 6 atom stereocenters. The van der Waals surface area contributed by atoms with Gasteiger partial charge in [-0.2, -0.15) is 0 Å². The average Bonchev–Trinajstić information content (AvgIpc) is 4.15. The van der Waals surface area contributed by atoms with E-state index in [4.69, 9.17) is 30.4 Å². The lowest BCUT2D eigenvalue weighted by Gasteiger charge is -2.39. The molecule has 342 valence electrons. The number of carbonyl (C=O) groups is 6. The lowest BCUT2D eigenvalue weighted by atomic mass is 9.84. The fourth-order valence-electron chi connectivity index (χ4n) is 9.84. The van der Waals surface area contributed by atoms with Gasteiger partial charge >= 0.3 is 12.2 Å². The van der Waals surface area contributed by atoms with Crippen molar-refractivity contribution in [2.75, 3.05) is 58.6 Å². The first-order valence-corrected chi connectivity index (χ1v) is 21.6. The monoisotopic (exact) mass is 885 g/mol. The van der Waals surface area contributed by atoms with Crippen LogP contribution in [0, 0.1) is 17.7 Å². The van der Waals surface area contributed by atoms with Gasteiger partial charge in [-0.25, -0.2) is 14.0 Å². The highest BCUT2D eigenvalue weighted by molar-refractivity contribution is 5.96. The molecule has 0 unspecified atom stereocenters. The zero-order chi connectivity index (χ0) is 45.6. The highest BCUT2D eigenvalue weighted by Gasteiger charge is 2.54. The minimum Gasteiger partial charge on any atom is -0.453 e. The number of alkyl carbamates (subject to hydrolysis) is 2. The van der Waals surface area contributed by atoms with Gasteiger partial charge in [0.25, 0.3) is 0 Å². The molecule has 6 N–H and O–H groups in total. The van der Waals surface area contributed by atoms with E-state index in [2.05, 4.69) is 10.6 Å². The lowest BCUT2D eigenvalue weighted by Crippen LogP contribution is -2.60. The Balaban J connectivity index is 1.13. The van der Waals surface area contributed by atoms with Gasteiger partial charge in [0, 0.05) is 56.9 Å². The number of anilines is 1. The van der Waals surface area contributed by atoms with Gasteiger partial charge in [0.1, 0.15) is 29.0 Å². The predicted molar refractivity (Wildman–Crippen MR) is 229 cm³/mol. The summed E-state index contributed by atoms with van der Waals surface area (Å²) in [6, 6.07) is 18.7. The largest absolute Gasteiger partial charge is 0.453 e. The molecule has 17 nitrogen and oxygen atoms in total. The number of nitrogens with one attached hydrogen (secondary N) is 2. The second-order valence-corrected chi connectivity index (χ2v) is 16.8. The first-order valence-electron chi connectivity index (χ1n) is 21.6. The number of carbonyl (C=O) groups excluding carboxylic acids is 6. The third-order valence-corrected chi connectivity index (χ3v) is 13.2. The molecule has 0 saturated carbocycles. The minimum atomic E-state index is -1.46. The van der Waals surface area contributed by atoms with Crippen LogP contribution in [-0.4, -0.2) is 111 Å². The van der Waals surface area contributed by atoms with Gasteiger partial charge in [-0.1, -0.05) is 48.5 Å². The van der Waals surface area contributed by atoms with Crippen LogP contribution in [0.3, 0.4) is 0 Å². The number of nitrogens with zero attached hydrogens (tertiary/aromatic N) is 3. The first kappa shape index (κ1) is 45.7. The van der Waals surface area contributed by atoms with Crippen molar-refractivity contribution in [3.05, 3.63) is 101 Å². The summed E-state index contributed by atoms with van der Waals surface area (Å²) in [6.07, 6.45) is 1.17. The summed E-state index contributed by atoms with van der Waals surface area (Å²) in [5.41, 5.74) is 12.8.